The number of hydrogen-bond acceptors (Lipinski definition) is 6. The summed E-state index contributed by atoms with van der Waals surface area (Å²) in [4.78, 5) is 28.5. The Morgan fingerprint density at radius 3 is 2.55 bits per heavy atom. The molecule has 0 atom stereocenters. The zero-order chi connectivity index (χ0) is 24.2. The minimum Gasteiger partial charge on any atom is -0.495 e. The van der Waals surface area contributed by atoms with E-state index in [1.165, 1.54) is 26.2 Å². The van der Waals surface area contributed by atoms with Gasteiger partial charge >= 0.3 is 0 Å². The van der Waals surface area contributed by atoms with E-state index in [1.807, 2.05) is 11.5 Å². The summed E-state index contributed by atoms with van der Waals surface area (Å²) < 4.78 is 30.5. The maximum Gasteiger partial charge on any atom is 0.238 e. The Hall–Kier alpha value is -3.44. The molecule has 0 unspecified atom stereocenters. The average molecular weight is 474 g/mol. The Morgan fingerprint density at radius 2 is 1.91 bits per heavy atom. The monoisotopic (exact) mass is 473 g/mol. The van der Waals surface area contributed by atoms with Gasteiger partial charge in [-0.25, -0.2) is 18.5 Å². The van der Waals surface area contributed by atoms with Gasteiger partial charge in [0.15, 0.2) is 0 Å². The highest BCUT2D eigenvalue weighted by atomic mass is 32.2. The van der Waals surface area contributed by atoms with Gasteiger partial charge in [0.05, 0.1) is 28.7 Å². The van der Waals surface area contributed by atoms with Crippen molar-refractivity contribution in [3.63, 3.8) is 0 Å². The molecule has 3 aromatic rings. The molecular weight excluding hydrogens is 446 g/mol. The Balaban J connectivity index is 1.77. The van der Waals surface area contributed by atoms with Crippen molar-refractivity contribution >= 4 is 44.2 Å². The second-order valence-electron chi connectivity index (χ2n) is 7.52. The highest BCUT2D eigenvalue weighted by molar-refractivity contribution is 7.89. The van der Waals surface area contributed by atoms with Crippen LogP contribution >= 0.6 is 0 Å². The number of carbonyl (C=O) groups is 2. The minimum absolute atomic E-state index is 0.00470. The van der Waals surface area contributed by atoms with E-state index in [4.69, 9.17) is 9.88 Å². The van der Waals surface area contributed by atoms with Gasteiger partial charge in [-0.2, -0.15) is 0 Å². The first-order chi connectivity index (χ1) is 15.6. The Kier molecular flexibility index (Phi) is 7.34. The molecule has 1 aromatic heterocycles. The van der Waals surface area contributed by atoms with Crippen LogP contribution in [0.1, 0.15) is 32.5 Å². The van der Waals surface area contributed by atoms with Gasteiger partial charge in [0.1, 0.15) is 11.6 Å². The second-order valence-corrected chi connectivity index (χ2v) is 9.08. The molecular formula is C22H27N5O5S. The number of benzene rings is 2. The normalized spacial score (nSPS) is 11.4. The van der Waals surface area contributed by atoms with E-state index in [2.05, 4.69) is 15.6 Å². The fourth-order valence-corrected chi connectivity index (χ4v) is 4.06. The lowest BCUT2D eigenvalue weighted by Crippen LogP contribution is -2.15. The molecule has 2 amide bonds. The third-order valence-electron chi connectivity index (χ3n) is 4.94. The molecule has 11 heteroatoms. The summed E-state index contributed by atoms with van der Waals surface area (Å²) in [6.07, 6.45) is 1.37. The fraction of sp³-hybridized carbons (Fsp3) is 0.318. The number of methoxy groups -OCH3 is 1. The Morgan fingerprint density at radius 1 is 1.15 bits per heavy atom. The molecule has 2 aromatic carbocycles. The number of ether oxygens (including phenoxy) is 1. The molecule has 0 fully saturated rings. The van der Waals surface area contributed by atoms with Crippen LogP contribution in [0.3, 0.4) is 0 Å². The molecule has 3 rings (SSSR count). The largest absolute Gasteiger partial charge is 0.495 e. The number of hydrogen-bond donors (Lipinski definition) is 3. The van der Waals surface area contributed by atoms with Crippen molar-refractivity contribution in [3.8, 4) is 5.75 Å². The quantitative estimate of drug-likeness (QED) is 0.435. The van der Waals surface area contributed by atoms with E-state index in [0.29, 0.717) is 41.4 Å². The number of amides is 2. The zero-order valence-electron chi connectivity index (χ0n) is 18.7. The number of sulfonamides is 1. The number of aromatic nitrogens is 2. The molecule has 0 aliphatic carbocycles. The first-order valence-corrected chi connectivity index (χ1v) is 11.9. The van der Waals surface area contributed by atoms with Crippen molar-refractivity contribution in [1.29, 1.82) is 0 Å². The van der Waals surface area contributed by atoms with Crippen LogP contribution in [0.4, 0.5) is 11.4 Å². The van der Waals surface area contributed by atoms with Crippen molar-refractivity contribution in [2.24, 2.45) is 5.14 Å². The zero-order valence-corrected chi connectivity index (χ0v) is 19.5. The number of nitrogens with one attached hydrogen (secondary N) is 2. The van der Waals surface area contributed by atoms with E-state index in [1.54, 1.807) is 24.3 Å². The van der Waals surface area contributed by atoms with Crippen LogP contribution < -0.4 is 20.5 Å². The molecule has 0 spiro atoms. The van der Waals surface area contributed by atoms with Crippen molar-refractivity contribution in [2.45, 2.75) is 44.6 Å². The van der Waals surface area contributed by atoms with Gasteiger partial charge in [-0.3, -0.25) is 9.59 Å². The Bertz CT molecular complexity index is 1300. The van der Waals surface area contributed by atoms with E-state index in [9.17, 15) is 18.0 Å². The molecule has 0 radical (unpaired) electrons. The van der Waals surface area contributed by atoms with Crippen LogP contribution in [0.25, 0.3) is 11.0 Å². The van der Waals surface area contributed by atoms with Gasteiger partial charge < -0.3 is 19.9 Å². The van der Waals surface area contributed by atoms with Crippen molar-refractivity contribution in [1.82, 2.24) is 9.55 Å². The molecule has 0 saturated carbocycles. The van der Waals surface area contributed by atoms with Crippen LogP contribution in [-0.2, 0) is 32.6 Å². The van der Waals surface area contributed by atoms with Gasteiger partial charge in [0.25, 0.3) is 0 Å². The summed E-state index contributed by atoms with van der Waals surface area (Å²) in [7, 11) is -2.34. The van der Waals surface area contributed by atoms with E-state index < -0.39 is 10.0 Å². The molecule has 4 N–H and O–H groups in total. The Labute approximate surface area is 192 Å². The summed E-state index contributed by atoms with van der Waals surface area (Å²) >= 11 is 0. The fourth-order valence-electron chi connectivity index (χ4n) is 3.52. The number of fused-ring (bicyclic) bond motifs is 1. The number of primary sulfonamides is 1. The number of nitrogens with zero attached hydrogens (tertiary/aromatic N) is 2. The lowest BCUT2D eigenvalue weighted by Gasteiger charge is -2.12. The number of carbonyl (C=O) groups excluding carboxylic acids is 2. The summed E-state index contributed by atoms with van der Waals surface area (Å²) in [5, 5.41) is 10.7. The van der Waals surface area contributed by atoms with Crippen LogP contribution in [0.15, 0.2) is 41.3 Å². The van der Waals surface area contributed by atoms with E-state index in [0.717, 1.165) is 11.9 Å². The summed E-state index contributed by atoms with van der Waals surface area (Å²) in [5.74, 6) is 0.684. The van der Waals surface area contributed by atoms with Crippen LogP contribution in [0.5, 0.6) is 5.75 Å². The topological polar surface area (TPSA) is 145 Å². The number of rotatable bonds is 9. The highest BCUT2D eigenvalue weighted by Crippen LogP contribution is 2.28. The van der Waals surface area contributed by atoms with Gasteiger partial charge in [-0.05, 0) is 42.8 Å². The molecule has 176 valence electrons. The predicted octanol–water partition coefficient (Wildman–Crippen LogP) is 2.63. The molecule has 0 aliphatic rings. The average Bonchev–Trinajstić information content (AvgIpc) is 3.08. The number of aryl methyl sites for hydroxylation is 2. The van der Waals surface area contributed by atoms with Gasteiger partial charge in [-0.15, -0.1) is 0 Å². The first-order valence-electron chi connectivity index (χ1n) is 10.4. The van der Waals surface area contributed by atoms with Gasteiger partial charge in [0, 0.05) is 32.0 Å². The highest BCUT2D eigenvalue weighted by Gasteiger charge is 2.16. The molecule has 0 bridgehead atoms. The van der Waals surface area contributed by atoms with Crippen molar-refractivity contribution in [3.05, 3.63) is 42.2 Å². The second kappa shape index (κ2) is 10.0. The predicted molar refractivity (Wildman–Crippen MR) is 126 cm³/mol. The first kappa shape index (κ1) is 24.2. The molecule has 10 nitrogen and oxygen atoms in total. The maximum absolute atomic E-state index is 12.6. The van der Waals surface area contributed by atoms with Gasteiger partial charge in [-0.1, -0.05) is 6.92 Å². The number of nitrogens with two attached hydrogens (primary N) is 1. The lowest BCUT2D eigenvalue weighted by atomic mass is 10.2. The minimum atomic E-state index is -3.84. The SMILES string of the molecule is CCCn1c(CCC(=O)Nc2ccc(OC)c(NC(C)=O)c2)nc2cc(S(N)(=O)=O)ccc21. The van der Waals surface area contributed by atoms with Crippen LogP contribution in [-0.4, -0.2) is 36.9 Å². The van der Waals surface area contributed by atoms with E-state index in [-0.39, 0.29) is 23.1 Å². The van der Waals surface area contributed by atoms with Gasteiger partial charge in [0.2, 0.25) is 21.8 Å². The third kappa shape index (κ3) is 5.88. The molecule has 33 heavy (non-hydrogen) atoms. The summed E-state index contributed by atoms with van der Waals surface area (Å²) in [6, 6.07) is 9.55. The summed E-state index contributed by atoms with van der Waals surface area (Å²) in [6.45, 7) is 4.09. The van der Waals surface area contributed by atoms with Crippen molar-refractivity contribution in [2.75, 3.05) is 17.7 Å². The maximum atomic E-state index is 12.6. The molecule has 0 saturated heterocycles. The molecule has 0 aliphatic heterocycles. The smallest absolute Gasteiger partial charge is 0.238 e. The molecule has 1 heterocycles. The number of imidazole rings is 1. The van der Waals surface area contributed by atoms with Crippen LogP contribution in [0.2, 0.25) is 0 Å². The standard InChI is InChI=1S/C22H27N5O5S/c1-4-11-27-19-7-6-16(33(23,30)31)13-17(19)26-21(27)9-10-22(29)25-15-5-8-20(32-3)18(12-15)24-14(2)28/h5-8,12-13H,4,9-11H2,1-3H3,(H,24,28)(H,25,29)(H2,23,30,31). The lowest BCUT2D eigenvalue weighted by molar-refractivity contribution is -0.116. The number of anilines is 2. The third-order valence-corrected chi connectivity index (χ3v) is 5.86. The summed E-state index contributed by atoms with van der Waals surface area (Å²) in [5.41, 5.74) is 2.28. The van der Waals surface area contributed by atoms with Crippen molar-refractivity contribution < 1.29 is 22.7 Å². The van der Waals surface area contributed by atoms with E-state index >= 15 is 0 Å². The van der Waals surface area contributed by atoms with Crippen LogP contribution in [0, 0.1) is 0 Å².